The molecule has 0 spiro atoms. The van der Waals surface area contributed by atoms with Crippen molar-refractivity contribution in [2.75, 3.05) is 5.32 Å². The molecule has 0 bridgehead atoms. The lowest BCUT2D eigenvalue weighted by atomic mass is 9.98. The molecule has 6 aromatic rings. The molecule has 0 radical (unpaired) electrons. The van der Waals surface area contributed by atoms with Crippen LogP contribution in [0.4, 0.5) is 5.69 Å². The van der Waals surface area contributed by atoms with Gasteiger partial charge >= 0.3 is 0 Å². The lowest BCUT2D eigenvalue weighted by Crippen LogP contribution is -2.09. The van der Waals surface area contributed by atoms with E-state index in [1.807, 2.05) is 30.3 Å². The van der Waals surface area contributed by atoms with Crippen LogP contribution in [0.5, 0.6) is 5.75 Å². The van der Waals surface area contributed by atoms with Crippen molar-refractivity contribution in [3.63, 3.8) is 0 Å². The summed E-state index contributed by atoms with van der Waals surface area (Å²) in [5.41, 5.74) is 6.16. The first-order chi connectivity index (χ1) is 15.8. The standard InChI is InChI=1S/C29H19NO2/c1-2-7-19(8-3-1)29-30-25-16-15-18-13-14-20(17-24(18)28(25)32-29)21-10-6-11-23-22-9-4-5-12-26(22)31-27(21)23/h1-17,29-30H. The van der Waals surface area contributed by atoms with Crippen LogP contribution in [0.15, 0.2) is 108 Å². The van der Waals surface area contributed by atoms with Crippen LogP contribution in [0.1, 0.15) is 11.8 Å². The van der Waals surface area contributed by atoms with Gasteiger partial charge in [0.2, 0.25) is 0 Å². The molecule has 1 aromatic heterocycles. The Morgan fingerprint density at radius 3 is 2.41 bits per heavy atom. The molecule has 3 heteroatoms. The van der Waals surface area contributed by atoms with Crippen LogP contribution in [-0.2, 0) is 0 Å². The Balaban J connectivity index is 1.39. The van der Waals surface area contributed by atoms with Crippen molar-refractivity contribution in [3.05, 3.63) is 109 Å². The van der Waals surface area contributed by atoms with Crippen molar-refractivity contribution in [1.29, 1.82) is 0 Å². The third kappa shape index (κ3) is 2.55. The third-order valence-electron chi connectivity index (χ3n) is 6.31. The van der Waals surface area contributed by atoms with Crippen LogP contribution in [0.3, 0.4) is 0 Å². The van der Waals surface area contributed by atoms with Crippen molar-refractivity contribution < 1.29 is 9.15 Å². The highest BCUT2D eigenvalue weighted by Crippen LogP contribution is 2.45. The lowest BCUT2D eigenvalue weighted by Gasteiger charge is -2.11. The summed E-state index contributed by atoms with van der Waals surface area (Å²) in [6, 6.07) is 35.6. The van der Waals surface area contributed by atoms with Crippen LogP contribution >= 0.6 is 0 Å². The van der Waals surface area contributed by atoms with Gasteiger partial charge in [-0.2, -0.15) is 0 Å². The molecule has 7 rings (SSSR count). The van der Waals surface area contributed by atoms with Crippen LogP contribution in [0, 0.1) is 0 Å². The van der Waals surface area contributed by atoms with Gasteiger partial charge in [-0.3, -0.25) is 0 Å². The van der Waals surface area contributed by atoms with E-state index >= 15 is 0 Å². The van der Waals surface area contributed by atoms with E-state index in [1.54, 1.807) is 0 Å². The van der Waals surface area contributed by atoms with Gasteiger partial charge in [-0.15, -0.1) is 0 Å². The monoisotopic (exact) mass is 413 g/mol. The Morgan fingerprint density at radius 1 is 0.656 bits per heavy atom. The van der Waals surface area contributed by atoms with E-state index in [4.69, 9.17) is 9.15 Å². The highest BCUT2D eigenvalue weighted by Gasteiger charge is 2.25. The van der Waals surface area contributed by atoms with E-state index in [0.717, 1.165) is 60.8 Å². The predicted molar refractivity (Wildman–Crippen MR) is 130 cm³/mol. The summed E-state index contributed by atoms with van der Waals surface area (Å²) in [6.07, 6.45) is -0.181. The zero-order valence-electron chi connectivity index (χ0n) is 17.2. The summed E-state index contributed by atoms with van der Waals surface area (Å²) in [6.45, 7) is 0. The number of rotatable bonds is 2. The summed E-state index contributed by atoms with van der Waals surface area (Å²) in [5, 5.41) is 8.04. The molecular formula is C29H19NO2. The van der Waals surface area contributed by atoms with E-state index in [-0.39, 0.29) is 6.23 Å². The number of hydrogen-bond donors (Lipinski definition) is 1. The molecule has 0 aliphatic carbocycles. The number of benzene rings is 5. The first kappa shape index (κ1) is 17.4. The molecule has 0 amide bonds. The van der Waals surface area contributed by atoms with Gasteiger partial charge in [-0.1, -0.05) is 84.9 Å². The lowest BCUT2D eigenvalue weighted by molar-refractivity contribution is 0.262. The average molecular weight is 413 g/mol. The second-order valence-electron chi connectivity index (χ2n) is 8.21. The van der Waals surface area contributed by atoms with E-state index < -0.39 is 0 Å². The van der Waals surface area contributed by atoms with Crippen LogP contribution in [-0.4, -0.2) is 0 Å². The van der Waals surface area contributed by atoms with Gasteiger partial charge in [-0.05, 0) is 29.1 Å². The fraction of sp³-hybridized carbons (Fsp3) is 0.0345. The Morgan fingerprint density at radius 2 is 1.47 bits per heavy atom. The van der Waals surface area contributed by atoms with Gasteiger partial charge in [-0.25, -0.2) is 0 Å². The minimum absolute atomic E-state index is 0.181. The molecule has 5 aromatic carbocycles. The van der Waals surface area contributed by atoms with Gasteiger partial charge in [0.1, 0.15) is 11.2 Å². The fourth-order valence-electron chi connectivity index (χ4n) is 4.74. The summed E-state index contributed by atoms with van der Waals surface area (Å²) in [7, 11) is 0. The second-order valence-corrected chi connectivity index (χ2v) is 8.21. The number of furan rings is 1. The largest absolute Gasteiger partial charge is 0.464 e. The quantitative estimate of drug-likeness (QED) is 0.313. The number of ether oxygens (including phenoxy) is 1. The average Bonchev–Trinajstić information content (AvgIpc) is 3.46. The van der Waals surface area contributed by atoms with Crippen LogP contribution < -0.4 is 10.1 Å². The van der Waals surface area contributed by atoms with Crippen molar-refractivity contribution in [1.82, 2.24) is 0 Å². The fourth-order valence-corrected chi connectivity index (χ4v) is 4.74. The number of fused-ring (bicyclic) bond motifs is 6. The molecule has 0 saturated carbocycles. The maximum atomic E-state index is 6.40. The van der Waals surface area contributed by atoms with E-state index in [0.29, 0.717) is 0 Å². The van der Waals surface area contributed by atoms with Gasteiger partial charge < -0.3 is 14.5 Å². The van der Waals surface area contributed by atoms with E-state index in [9.17, 15) is 0 Å². The first-order valence-electron chi connectivity index (χ1n) is 10.8. The number of anilines is 1. The van der Waals surface area contributed by atoms with Crippen LogP contribution in [0.2, 0.25) is 0 Å². The van der Waals surface area contributed by atoms with Crippen LogP contribution in [0.25, 0.3) is 43.8 Å². The van der Waals surface area contributed by atoms with Gasteiger partial charge in [0.25, 0.3) is 0 Å². The van der Waals surface area contributed by atoms with Crippen molar-refractivity contribution >= 4 is 38.4 Å². The highest BCUT2D eigenvalue weighted by atomic mass is 16.5. The first-order valence-corrected chi connectivity index (χ1v) is 10.8. The van der Waals surface area contributed by atoms with E-state index in [1.165, 1.54) is 0 Å². The molecule has 1 unspecified atom stereocenters. The molecule has 1 aliphatic heterocycles. The maximum Gasteiger partial charge on any atom is 0.196 e. The zero-order valence-corrected chi connectivity index (χ0v) is 17.2. The number of hydrogen-bond acceptors (Lipinski definition) is 3. The summed E-state index contributed by atoms with van der Waals surface area (Å²) < 4.78 is 12.7. The van der Waals surface area contributed by atoms with Gasteiger partial charge in [0.15, 0.2) is 12.0 Å². The molecular weight excluding hydrogens is 394 g/mol. The normalized spacial score (nSPS) is 15.1. The molecule has 1 atom stereocenters. The number of para-hydroxylation sites is 2. The number of nitrogens with one attached hydrogen (secondary N) is 1. The van der Waals surface area contributed by atoms with E-state index in [2.05, 4.69) is 78.1 Å². The van der Waals surface area contributed by atoms with Crippen molar-refractivity contribution in [2.45, 2.75) is 6.23 Å². The minimum atomic E-state index is -0.181. The summed E-state index contributed by atoms with van der Waals surface area (Å²) >= 11 is 0. The smallest absolute Gasteiger partial charge is 0.196 e. The summed E-state index contributed by atoms with van der Waals surface area (Å²) in [5.74, 6) is 0.898. The predicted octanol–water partition coefficient (Wildman–Crippen LogP) is 7.91. The molecule has 3 nitrogen and oxygen atoms in total. The maximum absolute atomic E-state index is 6.40. The third-order valence-corrected chi connectivity index (χ3v) is 6.31. The topological polar surface area (TPSA) is 34.4 Å². The molecule has 152 valence electrons. The zero-order chi connectivity index (χ0) is 21.1. The Labute approximate surface area is 184 Å². The van der Waals surface area contributed by atoms with Gasteiger partial charge in [0.05, 0.1) is 5.69 Å². The minimum Gasteiger partial charge on any atom is -0.464 e. The molecule has 0 saturated heterocycles. The molecule has 0 fully saturated rings. The van der Waals surface area contributed by atoms with Crippen molar-refractivity contribution in [2.24, 2.45) is 0 Å². The SMILES string of the molecule is c1ccc(C2Nc3ccc4ccc(-c5cccc6c5oc5ccccc56)cc4c3O2)cc1. The van der Waals surface area contributed by atoms with Gasteiger partial charge in [0, 0.05) is 27.3 Å². The summed E-state index contributed by atoms with van der Waals surface area (Å²) in [4.78, 5) is 0. The Bertz CT molecular complexity index is 1630. The molecule has 32 heavy (non-hydrogen) atoms. The highest BCUT2D eigenvalue weighted by molar-refractivity contribution is 6.10. The molecule has 1 aliphatic rings. The molecule has 2 heterocycles. The van der Waals surface area contributed by atoms with Crippen molar-refractivity contribution in [3.8, 4) is 16.9 Å². The second kappa shape index (κ2) is 6.63. The molecule has 1 N–H and O–H groups in total. The Hall–Kier alpha value is -4.24. The Kier molecular flexibility index (Phi) is 3.61.